The minimum absolute atomic E-state index is 0.118. The molecule has 1 aromatic carbocycles. The molecular weight excluding hydrogens is 426 g/mol. The van der Waals surface area contributed by atoms with Crippen molar-refractivity contribution in [1.82, 2.24) is 24.5 Å². The summed E-state index contributed by atoms with van der Waals surface area (Å²) in [4.78, 5) is 25.2. The quantitative estimate of drug-likeness (QED) is 0.445. The smallest absolute Gasteiger partial charge is 0.274 e. The third kappa shape index (κ3) is 4.25. The van der Waals surface area contributed by atoms with Gasteiger partial charge in [0.25, 0.3) is 12.3 Å². The van der Waals surface area contributed by atoms with E-state index in [0.717, 1.165) is 5.56 Å². The SMILES string of the molecule is COc1cn2c(C(=O)Nc3cc(-c4noc(CC(O)C(F)F)n4)ccc3C)cnc2cn1. The van der Waals surface area contributed by atoms with Crippen molar-refractivity contribution >= 4 is 17.2 Å². The summed E-state index contributed by atoms with van der Waals surface area (Å²) in [5.74, 6) is -0.0673. The summed E-state index contributed by atoms with van der Waals surface area (Å²) in [7, 11) is 1.47. The monoisotopic (exact) mass is 444 g/mol. The van der Waals surface area contributed by atoms with Gasteiger partial charge in [0.15, 0.2) is 5.65 Å². The number of ether oxygens (including phenoxy) is 1. The van der Waals surface area contributed by atoms with Crippen LogP contribution in [0.1, 0.15) is 21.9 Å². The number of halogens is 2. The van der Waals surface area contributed by atoms with Gasteiger partial charge in [-0.3, -0.25) is 9.20 Å². The molecule has 2 N–H and O–H groups in total. The molecule has 0 aliphatic rings. The van der Waals surface area contributed by atoms with Gasteiger partial charge in [-0.05, 0) is 18.6 Å². The Morgan fingerprint density at radius 2 is 2.12 bits per heavy atom. The number of imidazole rings is 1. The van der Waals surface area contributed by atoms with Crippen molar-refractivity contribution in [1.29, 1.82) is 0 Å². The minimum Gasteiger partial charge on any atom is -0.480 e. The molecule has 12 heteroatoms. The van der Waals surface area contributed by atoms with Gasteiger partial charge in [0, 0.05) is 11.3 Å². The molecule has 0 radical (unpaired) electrons. The Kier molecular flexibility index (Phi) is 5.77. The van der Waals surface area contributed by atoms with Crippen molar-refractivity contribution < 1.29 is 27.9 Å². The Bertz CT molecular complexity index is 1270. The van der Waals surface area contributed by atoms with Crippen LogP contribution in [0.4, 0.5) is 14.5 Å². The number of alkyl halides is 2. The highest BCUT2D eigenvalue weighted by Gasteiger charge is 2.21. The summed E-state index contributed by atoms with van der Waals surface area (Å²) < 4.78 is 36.6. The van der Waals surface area contributed by atoms with Crippen LogP contribution in [0.2, 0.25) is 0 Å². The number of anilines is 1. The van der Waals surface area contributed by atoms with Crippen LogP contribution in [-0.4, -0.2) is 55.2 Å². The zero-order chi connectivity index (χ0) is 22.8. The zero-order valence-electron chi connectivity index (χ0n) is 17.0. The molecule has 0 saturated carbocycles. The molecule has 4 aromatic rings. The summed E-state index contributed by atoms with van der Waals surface area (Å²) in [6.07, 6.45) is -0.815. The van der Waals surface area contributed by atoms with E-state index in [0.29, 0.717) is 22.8 Å². The van der Waals surface area contributed by atoms with Gasteiger partial charge in [0.1, 0.15) is 11.8 Å². The largest absolute Gasteiger partial charge is 0.480 e. The molecule has 32 heavy (non-hydrogen) atoms. The van der Waals surface area contributed by atoms with Crippen LogP contribution in [0, 0.1) is 6.92 Å². The van der Waals surface area contributed by atoms with Crippen LogP contribution in [0.15, 0.2) is 41.3 Å². The van der Waals surface area contributed by atoms with E-state index in [1.54, 1.807) is 28.8 Å². The molecule has 10 nitrogen and oxygen atoms in total. The van der Waals surface area contributed by atoms with E-state index in [2.05, 4.69) is 25.4 Å². The second-order valence-electron chi connectivity index (χ2n) is 6.90. The van der Waals surface area contributed by atoms with E-state index >= 15 is 0 Å². The summed E-state index contributed by atoms with van der Waals surface area (Å²) in [5.41, 5.74) is 2.51. The summed E-state index contributed by atoms with van der Waals surface area (Å²) >= 11 is 0. The highest BCUT2D eigenvalue weighted by atomic mass is 19.3. The summed E-state index contributed by atoms with van der Waals surface area (Å²) in [5, 5.41) is 15.9. The number of hydrogen-bond donors (Lipinski definition) is 2. The lowest BCUT2D eigenvalue weighted by atomic mass is 10.1. The van der Waals surface area contributed by atoms with Crippen LogP contribution in [-0.2, 0) is 6.42 Å². The van der Waals surface area contributed by atoms with Crippen molar-refractivity contribution in [3.63, 3.8) is 0 Å². The van der Waals surface area contributed by atoms with E-state index in [-0.39, 0.29) is 17.4 Å². The second kappa shape index (κ2) is 8.67. The first kappa shape index (κ1) is 21.3. The molecule has 0 saturated heterocycles. The van der Waals surface area contributed by atoms with Crippen LogP contribution in [0.25, 0.3) is 17.0 Å². The molecule has 1 amide bonds. The average Bonchev–Trinajstić information content (AvgIpc) is 3.41. The molecule has 0 bridgehead atoms. The lowest BCUT2D eigenvalue weighted by Gasteiger charge is -2.10. The van der Waals surface area contributed by atoms with E-state index < -0.39 is 24.9 Å². The number of benzene rings is 1. The first-order valence-electron chi connectivity index (χ1n) is 9.44. The number of methoxy groups -OCH3 is 1. The Morgan fingerprint density at radius 3 is 2.88 bits per heavy atom. The van der Waals surface area contributed by atoms with Crippen LogP contribution >= 0.6 is 0 Å². The Morgan fingerprint density at radius 1 is 1.31 bits per heavy atom. The number of aromatic nitrogens is 5. The molecule has 0 aliphatic carbocycles. The van der Waals surface area contributed by atoms with Crippen LogP contribution in [0.3, 0.4) is 0 Å². The number of nitrogens with zero attached hydrogens (tertiary/aromatic N) is 5. The number of carbonyl (C=O) groups excluding carboxylic acids is 1. The number of aryl methyl sites for hydroxylation is 1. The van der Waals surface area contributed by atoms with Gasteiger partial charge in [-0.15, -0.1) is 0 Å². The number of hydrogen-bond acceptors (Lipinski definition) is 8. The molecule has 0 aliphatic heterocycles. The fourth-order valence-electron chi connectivity index (χ4n) is 2.95. The maximum Gasteiger partial charge on any atom is 0.274 e. The van der Waals surface area contributed by atoms with Gasteiger partial charge in [-0.25, -0.2) is 18.7 Å². The Balaban J connectivity index is 1.57. The molecule has 3 heterocycles. The fourth-order valence-corrected chi connectivity index (χ4v) is 2.95. The normalized spacial score (nSPS) is 12.3. The summed E-state index contributed by atoms with van der Waals surface area (Å²) in [6, 6.07) is 5.08. The fraction of sp³-hybridized carbons (Fsp3) is 0.250. The maximum absolute atomic E-state index is 12.9. The van der Waals surface area contributed by atoms with E-state index in [1.807, 2.05) is 6.92 Å². The highest BCUT2D eigenvalue weighted by Crippen LogP contribution is 2.25. The van der Waals surface area contributed by atoms with Crippen molar-refractivity contribution in [3.8, 4) is 17.3 Å². The third-order valence-electron chi connectivity index (χ3n) is 4.70. The molecule has 0 fully saturated rings. The zero-order valence-corrected chi connectivity index (χ0v) is 17.0. The molecule has 1 unspecified atom stereocenters. The average molecular weight is 444 g/mol. The number of fused-ring (bicyclic) bond motifs is 1. The van der Waals surface area contributed by atoms with Gasteiger partial charge in [0.2, 0.25) is 17.6 Å². The predicted octanol–water partition coefficient (Wildman–Crippen LogP) is 2.52. The van der Waals surface area contributed by atoms with E-state index in [4.69, 9.17) is 9.26 Å². The molecule has 166 valence electrons. The van der Waals surface area contributed by atoms with Gasteiger partial charge in [-0.1, -0.05) is 17.3 Å². The van der Waals surface area contributed by atoms with Crippen molar-refractivity contribution in [2.45, 2.75) is 25.9 Å². The lowest BCUT2D eigenvalue weighted by molar-refractivity contribution is -0.00754. The van der Waals surface area contributed by atoms with Gasteiger partial charge in [-0.2, -0.15) is 4.98 Å². The van der Waals surface area contributed by atoms with E-state index in [1.165, 1.54) is 19.5 Å². The first-order chi connectivity index (χ1) is 15.4. The Labute approximate surface area is 179 Å². The van der Waals surface area contributed by atoms with Crippen LogP contribution < -0.4 is 10.1 Å². The van der Waals surface area contributed by atoms with Crippen LogP contribution in [0.5, 0.6) is 5.88 Å². The van der Waals surface area contributed by atoms with Crippen molar-refractivity contribution in [2.75, 3.05) is 12.4 Å². The number of aliphatic hydroxyl groups is 1. The predicted molar refractivity (Wildman–Crippen MR) is 108 cm³/mol. The number of carbonyl (C=O) groups is 1. The standard InChI is InChI=1S/C20H18F2N6O4/c1-10-3-4-11(19-26-16(32-27-19)6-14(29)18(21)22)5-12(10)25-20(30)13-7-23-15-8-24-17(31-2)9-28(13)15/h3-5,7-9,14,18,29H,6H2,1-2H3,(H,25,30). The van der Waals surface area contributed by atoms with E-state index in [9.17, 15) is 18.7 Å². The molecule has 3 aromatic heterocycles. The lowest BCUT2D eigenvalue weighted by Crippen LogP contribution is -2.20. The number of rotatable bonds is 7. The first-order valence-corrected chi connectivity index (χ1v) is 9.44. The number of nitrogens with one attached hydrogen (secondary N) is 1. The topological polar surface area (TPSA) is 128 Å². The molecule has 1 atom stereocenters. The number of amides is 1. The maximum atomic E-state index is 12.9. The number of aliphatic hydroxyl groups excluding tert-OH is 1. The highest BCUT2D eigenvalue weighted by molar-refractivity contribution is 6.04. The van der Waals surface area contributed by atoms with Gasteiger partial charge < -0.3 is 19.7 Å². The molecule has 4 rings (SSSR count). The van der Waals surface area contributed by atoms with Crippen molar-refractivity contribution in [3.05, 3.63) is 53.9 Å². The second-order valence-corrected chi connectivity index (χ2v) is 6.90. The third-order valence-corrected chi connectivity index (χ3v) is 4.70. The molecular formula is C20H18F2N6O4. The minimum atomic E-state index is -2.91. The summed E-state index contributed by atoms with van der Waals surface area (Å²) in [6.45, 7) is 1.81. The van der Waals surface area contributed by atoms with Crippen molar-refractivity contribution in [2.24, 2.45) is 0 Å². The van der Waals surface area contributed by atoms with Gasteiger partial charge in [0.05, 0.1) is 32.1 Å². The Hall–Kier alpha value is -3.93. The molecule has 0 spiro atoms. The van der Waals surface area contributed by atoms with Gasteiger partial charge >= 0.3 is 0 Å².